The summed E-state index contributed by atoms with van der Waals surface area (Å²) in [6, 6.07) is 2.37. The molecule has 3 rings (SSSR count). The van der Waals surface area contributed by atoms with Crippen molar-refractivity contribution in [2.75, 3.05) is 6.61 Å². The van der Waals surface area contributed by atoms with Crippen LogP contribution in [0.3, 0.4) is 0 Å². The maximum absolute atomic E-state index is 14.4. The van der Waals surface area contributed by atoms with E-state index in [4.69, 9.17) is 14.0 Å². The first kappa shape index (κ1) is 17.7. The number of hydrogen-bond acceptors (Lipinski definition) is 3. The molecule has 0 saturated carbocycles. The highest BCUT2D eigenvalue weighted by Crippen LogP contribution is 2.36. The van der Waals surface area contributed by atoms with Crippen LogP contribution in [0.1, 0.15) is 27.7 Å². The molecule has 3 nitrogen and oxygen atoms in total. The van der Waals surface area contributed by atoms with Crippen LogP contribution in [0.5, 0.6) is 5.75 Å². The normalized spacial score (nSPS) is 20.1. The van der Waals surface area contributed by atoms with Gasteiger partial charge in [0, 0.05) is 0 Å². The summed E-state index contributed by atoms with van der Waals surface area (Å²) in [7, 11) is -0.831. The molecular formula is C19H19BF2O3. The molecule has 1 saturated heterocycles. The Labute approximate surface area is 146 Å². The summed E-state index contributed by atoms with van der Waals surface area (Å²) in [6.07, 6.45) is 5.05. The van der Waals surface area contributed by atoms with Crippen molar-refractivity contribution in [3.63, 3.8) is 0 Å². The Hall–Kier alpha value is -2.10. The van der Waals surface area contributed by atoms with Crippen LogP contribution in [0.25, 0.3) is 0 Å². The smallest absolute Gasteiger partial charge is 0.483 e. The summed E-state index contributed by atoms with van der Waals surface area (Å²) in [5.74, 6) is -2.01. The molecule has 0 N–H and O–H groups in total. The van der Waals surface area contributed by atoms with Gasteiger partial charge in [-0.05, 0) is 69.1 Å². The average Bonchev–Trinajstić information content (AvgIpc) is 2.75. The van der Waals surface area contributed by atoms with Crippen LogP contribution in [0.4, 0.5) is 8.78 Å². The summed E-state index contributed by atoms with van der Waals surface area (Å²) in [4.78, 5) is 0. The van der Waals surface area contributed by atoms with Crippen molar-refractivity contribution in [2.45, 2.75) is 38.9 Å². The van der Waals surface area contributed by atoms with Crippen molar-refractivity contribution in [2.24, 2.45) is 0 Å². The molecule has 2 aliphatic rings. The number of ether oxygens (including phenoxy) is 1. The highest BCUT2D eigenvalue weighted by Gasteiger charge is 2.52. The predicted octanol–water partition coefficient (Wildman–Crippen LogP) is 3.45. The largest absolute Gasteiger partial charge is 0.495 e. The molecule has 0 atom stereocenters. The Kier molecular flexibility index (Phi) is 4.48. The van der Waals surface area contributed by atoms with E-state index in [2.05, 4.69) is 11.5 Å². The van der Waals surface area contributed by atoms with Gasteiger partial charge in [0.25, 0.3) is 0 Å². The fourth-order valence-corrected chi connectivity index (χ4v) is 2.46. The summed E-state index contributed by atoms with van der Waals surface area (Å²) in [5, 5.41) is 0. The van der Waals surface area contributed by atoms with Gasteiger partial charge in [-0.25, -0.2) is 8.78 Å². The third-order valence-corrected chi connectivity index (χ3v) is 4.65. The van der Waals surface area contributed by atoms with Crippen molar-refractivity contribution < 1.29 is 22.8 Å². The second-order valence-corrected chi connectivity index (χ2v) is 7.03. The third kappa shape index (κ3) is 3.48. The summed E-state index contributed by atoms with van der Waals surface area (Å²) < 4.78 is 45.7. The summed E-state index contributed by atoms with van der Waals surface area (Å²) in [6.45, 7) is 7.56. The lowest BCUT2D eigenvalue weighted by atomic mass is 9.79. The zero-order chi connectivity index (χ0) is 18.2. The van der Waals surface area contributed by atoms with E-state index in [1.54, 1.807) is 18.2 Å². The van der Waals surface area contributed by atoms with Gasteiger partial charge in [0.05, 0.1) is 11.2 Å². The van der Waals surface area contributed by atoms with Gasteiger partial charge < -0.3 is 14.0 Å². The lowest BCUT2D eigenvalue weighted by Crippen LogP contribution is -2.41. The van der Waals surface area contributed by atoms with E-state index in [9.17, 15) is 8.78 Å². The van der Waals surface area contributed by atoms with E-state index in [1.807, 2.05) is 27.7 Å². The maximum Gasteiger partial charge on any atom is 0.495 e. The van der Waals surface area contributed by atoms with Gasteiger partial charge in [-0.2, -0.15) is 0 Å². The molecule has 0 radical (unpaired) electrons. The average molecular weight is 344 g/mol. The van der Waals surface area contributed by atoms with Crippen molar-refractivity contribution in [1.82, 2.24) is 0 Å². The van der Waals surface area contributed by atoms with Crippen LogP contribution in [-0.4, -0.2) is 24.9 Å². The van der Waals surface area contributed by atoms with Gasteiger partial charge in [-0.3, -0.25) is 0 Å². The van der Waals surface area contributed by atoms with Crippen molar-refractivity contribution in [3.05, 3.63) is 59.0 Å². The number of hydrogen-bond donors (Lipinski definition) is 0. The first-order valence-corrected chi connectivity index (χ1v) is 8.04. The molecule has 1 aliphatic heterocycles. The molecule has 0 spiro atoms. The molecule has 25 heavy (non-hydrogen) atoms. The maximum atomic E-state index is 14.4. The SMILES string of the molecule is CC1(C)OB(c2cc(F)c(OCC3=CC=C=C=C3)c(F)c2)OC1(C)C. The molecular weight excluding hydrogens is 325 g/mol. The quantitative estimate of drug-likeness (QED) is 0.619. The summed E-state index contributed by atoms with van der Waals surface area (Å²) in [5.41, 5.74) is 5.37. The summed E-state index contributed by atoms with van der Waals surface area (Å²) >= 11 is 0. The van der Waals surface area contributed by atoms with E-state index in [0.29, 0.717) is 0 Å². The lowest BCUT2D eigenvalue weighted by Gasteiger charge is -2.32. The number of halogens is 2. The molecule has 1 heterocycles. The lowest BCUT2D eigenvalue weighted by molar-refractivity contribution is 0.00578. The van der Waals surface area contributed by atoms with Crippen molar-refractivity contribution in [1.29, 1.82) is 0 Å². The van der Waals surface area contributed by atoms with Crippen LogP contribution in [0.2, 0.25) is 0 Å². The van der Waals surface area contributed by atoms with Crippen LogP contribution < -0.4 is 10.2 Å². The Morgan fingerprint density at radius 3 is 2.16 bits per heavy atom. The van der Waals surface area contributed by atoms with Gasteiger partial charge in [-0.1, -0.05) is 11.5 Å². The van der Waals surface area contributed by atoms with E-state index in [1.165, 1.54) is 12.1 Å². The molecule has 0 unspecified atom stereocenters. The molecule has 0 amide bonds. The fraction of sp³-hybridized carbons (Fsp3) is 0.368. The molecule has 0 aromatic heterocycles. The van der Waals surface area contributed by atoms with Crippen molar-refractivity contribution >= 4 is 12.6 Å². The Morgan fingerprint density at radius 2 is 1.64 bits per heavy atom. The zero-order valence-corrected chi connectivity index (χ0v) is 14.7. The molecule has 1 fully saturated rings. The van der Waals surface area contributed by atoms with E-state index in [0.717, 1.165) is 5.57 Å². The van der Waals surface area contributed by atoms with Crippen LogP contribution in [0.15, 0.2) is 47.4 Å². The highest BCUT2D eigenvalue weighted by molar-refractivity contribution is 6.62. The third-order valence-electron chi connectivity index (χ3n) is 4.65. The number of rotatable bonds is 4. The minimum atomic E-state index is -0.831. The van der Waals surface area contributed by atoms with Crippen LogP contribution >= 0.6 is 0 Å². The van der Waals surface area contributed by atoms with E-state index < -0.39 is 35.7 Å². The Balaban J connectivity index is 1.78. The van der Waals surface area contributed by atoms with E-state index >= 15 is 0 Å². The Morgan fingerprint density at radius 1 is 1.04 bits per heavy atom. The van der Waals surface area contributed by atoms with Gasteiger partial charge >= 0.3 is 7.12 Å². The van der Waals surface area contributed by atoms with Gasteiger partial charge in [0.1, 0.15) is 6.61 Å². The molecule has 1 aliphatic carbocycles. The second kappa shape index (κ2) is 6.32. The van der Waals surface area contributed by atoms with Crippen LogP contribution in [-0.2, 0) is 9.31 Å². The molecule has 130 valence electrons. The minimum absolute atomic E-state index is 0.0366. The molecule has 1 aromatic carbocycles. The van der Waals surface area contributed by atoms with Gasteiger partial charge in [0.15, 0.2) is 17.4 Å². The van der Waals surface area contributed by atoms with Gasteiger partial charge in [-0.15, -0.1) is 0 Å². The van der Waals surface area contributed by atoms with Gasteiger partial charge in [0.2, 0.25) is 0 Å². The minimum Gasteiger partial charge on any atom is -0.483 e. The topological polar surface area (TPSA) is 27.7 Å². The highest BCUT2D eigenvalue weighted by atomic mass is 19.1. The first-order chi connectivity index (χ1) is 11.7. The molecule has 0 bridgehead atoms. The second-order valence-electron chi connectivity index (χ2n) is 7.03. The monoisotopic (exact) mass is 344 g/mol. The van der Waals surface area contributed by atoms with Crippen molar-refractivity contribution in [3.8, 4) is 5.75 Å². The standard InChI is InChI=1S/C19H19BF2O3/c1-18(2)19(3,4)25-20(24-18)14-10-15(21)17(16(22)11-14)23-12-13-8-6-5-7-9-13/h6,8-11H,12H2,1-4H3. The van der Waals surface area contributed by atoms with E-state index in [-0.39, 0.29) is 12.1 Å². The number of allylic oxidation sites excluding steroid dienone is 2. The molecule has 1 aromatic rings. The fourth-order valence-electron chi connectivity index (χ4n) is 2.46. The van der Waals surface area contributed by atoms with Crippen LogP contribution in [0, 0.1) is 11.6 Å². The zero-order valence-electron chi connectivity index (χ0n) is 14.7. The Bertz CT molecular complexity index is 790. The predicted molar refractivity (Wildman–Crippen MR) is 91.8 cm³/mol. The number of benzene rings is 1. The molecule has 6 heteroatoms. The first-order valence-electron chi connectivity index (χ1n) is 8.04.